The standard InChI is InChI=1S/C17H21N3OS.C2HF3O2/c1-13-18-15(12-22-13)11-17(21)19-14-7-9-20(10-8-14)16-5-3-2-4-6-16;3-2(4,5)1(6)7/h2-6,12,14H,7-11H2,1H3,(H,19,21);(H,6,7). The second-order valence-corrected chi connectivity index (χ2v) is 7.56. The molecule has 0 atom stereocenters. The van der Waals surface area contributed by atoms with Crippen LogP contribution in [0.4, 0.5) is 18.9 Å². The van der Waals surface area contributed by atoms with Gasteiger partial charge in [0, 0.05) is 30.2 Å². The summed E-state index contributed by atoms with van der Waals surface area (Å²) in [5.74, 6) is -2.67. The molecule has 1 amide bonds. The van der Waals surface area contributed by atoms with E-state index in [2.05, 4.69) is 39.5 Å². The van der Waals surface area contributed by atoms with Crippen LogP contribution in [-0.2, 0) is 16.0 Å². The second-order valence-electron chi connectivity index (χ2n) is 6.50. The average Bonchev–Trinajstić information content (AvgIpc) is 3.07. The van der Waals surface area contributed by atoms with Gasteiger partial charge < -0.3 is 15.3 Å². The van der Waals surface area contributed by atoms with Gasteiger partial charge in [-0.1, -0.05) is 18.2 Å². The minimum absolute atomic E-state index is 0.0865. The number of carboxylic acid groups (broad SMARTS) is 1. The van der Waals surface area contributed by atoms with Gasteiger partial charge in [-0.05, 0) is 31.9 Å². The molecular formula is C19H22F3N3O3S. The number of halogens is 3. The van der Waals surface area contributed by atoms with Gasteiger partial charge >= 0.3 is 12.1 Å². The average molecular weight is 429 g/mol. The Kier molecular flexibility index (Phi) is 8.00. The van der Waals surface area contributed by atoms with Crippen molar-refractivity contribution in [2.75, 3.05) is 18.0 Å². The number of para-hydroxylation sites is 1. The van der Waals surface area contributed by atoms with Crippen LogP contribution in [0.3, 0.4) is 0 Å². The number of nitrogens with zero attached hydrogens (tertiary/aromatic N) is 2. The van der Waals surface area contributed by atoms with Gasteiger partial charge in [-0.25, -0.2) is 9.78 Å². The van der Waals surface area contributed by atoms with E-state index in [0.29, 0.717) is 6.42 Å². The monoisotopic (exact) mass is 429 g/mol. The molecule has 1 aromatic heterocycles. The Hall–Kier alpha value is -2.62. The lowest BCUT2D eigenvalue weighted by Crippen LogP contribution is -2.45. The number of thiazole rings is 1. The molecule has 0 radical (unpaired) electrons. The Morgan fingerprint density at radius 2 is 1.83 bits per heavy atom. The molecule has 1 aliphatic rings. The summed E-state index contributed by atoms with van der Waals surface area (Å²) in [5, 5.41) is 13.3. The molecule has 1 fully saturated rings. The van der Waals surface area contributed by atoms with Crippen molar-refractivity contribution in [3.63, 3.8) is 0 Å². The smallest absolute Gasteiger partial charge is 0.475 e. The van der Waals surface area contributed by atoms with Gasteiger partial charge in [0.1, 0.15) is 0 Å². The molecule has 2 aromatic rings. The highest BCUT2D eigenvalue weighted by atomic mass is 32.1. The molecule has 1 aromatic carbocycles. The van der Waals surface area contributed by atoms with Crippen molar-refractivity contribution in [3.8, 4) is 0 Å². The minimum atomic E-state index is -5.08. The van der Waals surface area contributed by atoms with Crippen molar-refractivity contribution in [2.45, 2.75) is 38.4 Å². The lowest BCUT2D eigenvalue weighted by Gasteiger charge is -2.34. The van der Waals surface area contributed by atoms with Crippen LogP contribution in [0.15, 0.2) is 35.7 Å². The maximum Gasteiger partial charge on any atom is 0.490 e. The van der Waals surface area contributed by atoms with Crippen LogP contribution in [0.5, 0.6) is 0 Å². The summed E-state index contributed by atoms with van der Waals surface area (Å²) in [7, 11) is 0. The van der Waals surface area contributed by atoms with Gasteiger partial charge in [0.25, 0.3) is 0 Å². The normalized spacial score (nSPS) is 14.7. The van der Waals surface area contributed by atoms with Crippen LogP contribution < -0.4 is 10.2 Å². The second kappa shape index (κ2) is 10.2. The van der Waals surface area contributed by atoms with Gasteiger partial charge in [-0.15, -0.1) is 11.3 Å². The third-order valence-electron chi connectivity index (χ3n) is 4.23. The third-order valence-corrected chi connectivity index (χ3v) is 5.05. The molecule has 0 saturated carbocycles. The summed E-state index contributed by atoms with van der Waals surface area (Å²) in [4.78, 5) is 27.7. The third kappa shape index (κ3) is 7.72. The summed E-state index contributed by atoms with van der Waals surface area (Å²) in [6, 6.07) is 10.7. The number of piperidine rings is 1. The zero-order valence-electron chi connectivity index (χ0n) is 15.8. The van der Waals surface area contributed by atoms with Gasteiger partial charge in [0.2, 0.25) is 5.91 Å². The first kappa shape index (κ1) is 22.7. The first-order chi connectivity index (χ1) is 13.6. The predicted octanol–water partition coefficient (Wildman–Crippen LogP) is 3.41. The first-order valence-corrected chi connectivity index (χ1v) is 9.83. The number of nitrogens with one attached hydrogen (secondary N) is 1. The molecule has 2 heterocycles. The van der Waals surface area contributed by atoms with Crippen LogP contribution in [-0.4, -0.2) is 47.3 Å². The molecule has 3 rings (SSSR count). The minimum Gasteiger partial charge on any atom is -0.475 e. The maximum atomic E-state index is 12.1. The van der Waals surface area contributed by atoms with E-state index in [1.54, 1.807) is 11.3 Å². The summed E-state index contributed by atoms with van der Waals surface area (Å²) < 4.78 is 31.7. The zero-order chi connectivity index (χ0) is 21.4. The van der Waals surface area contributed by atoms with Crippen molar-refractivity contribution in [1.29, 1.82) is 0 Å². The highest BCUT2D eigenvalue weighted by Crippen LogP contribution is 2.19. The quantitative estimate of drug-likeness (QED) is 0.778. The molecule has 1 saturated heterocycles. The van der Waals surface area contributed by atoms with Crippen LogP contribution in [0.1, 0.15) is 23.5 Å². The number of anilines is 1. The number of carbonyl (C=O) groups is 2. The van der Waals surface area contributed by atoms with E-state index in [9.17, 15) is 18.0 Å². The van der Waals surface area contributed by atoms with Crippen LogP contribution in [0.25, 0.3) is 0 Å². The Balaban J connectivity index is 0.000000370. The van der Waals surface area contributed by atoms with E-state index in [-0.39, 0.29) is 11.9 Å². The molecule has 0 bridgehead atoms. The molecule has 158 valence electrons. The summed E-state index contributed by atoms with van der Waals surface area (Å²) >= 11 is 1.59. The van der Waals surface area contributed by atoms with E-state index in [1.165, 1.54) is 5.69 Å². The molecule has 29 heavy (non-hydrogen) atoms. The van der Waals surface area contributed by atoms with Crippen molar-refractivity contribution < 1.29 is 27.9 Å². The lowest BCUT2D eigenvalue weighted by molar-refractivity contribution is -0.192. The number of aliphatic carboxylic acids is 1. The summed E-state index contributed by atoms with van der Waals surface area (Å²) in [6.07, 6.45) is -2.70. The molecule has 1 aliphatic heterocycles. The molecule has 0 unspecified atom stereocenters. The van der Waals surface area contributed by atoms with E-state index in [1.807, 2.05) is 18.4 Å². The number of hydrogen-bond acceptors (Lipinski definition) is 5. The van der Waals surface area contributed by atoms with E-state index < -0.39 is 12.1 Å². The van der Waals surface area contributed by atoms with Crippen molar-refractivity contribution in [2.24, 2.45) is 0 Å². The van der Waals surface area contributed by atoms with E-state index in [4.69, 9.17) is 9.90 Å². The largest absolute Gasteiger partial charge is 0.490 e. The van der Waals surface area contributed by atoms with Crippen molar-refractivity contribution >= 4 is 28.9 Å². The van der Waals surface area contributed by atoms with E-state index in [0.717, 1.165) is 36.6 Å². The highest BCUT2D eigenvalue weighted by molar-refractivity contribution is 7.09. The summed E-state index contributed by atoms with van der Waals surface area (Å²) in [6.45, 7) is 3.95. The fourth-order valence-electron chi connectivity index (χ4n) is 2.85. The van der Waals surface area contributed by atoms with Gasteiger partial charge in [0.15, 0.2) is 0 Å². The Labute approximate surface area is 170 Å². The van der Waals surface area contributed by atoms with Crippen molar-refractivity contribution in [3.05, 3.63) is 46.4 Å². The first-order valence-electron chi connectivity index (χ1n) is 8.95. The number of alkyl halides is 3. The number of benzene rings is 1. The number of aryl methyl sites for hydroxylation is 1. The number of carboxylic acids is 1. The van der Waals surface area contributed by atoms with Crippen molar-refractivity contribution in [1.82, 2.24) is 10.3 Å². The number of amides is 1. The van der Waals surface area contributed by atoms with E-state index >= 15 is 0 Å². The Morgan fingerprint density at radius 1 is 1.24 bits per heavy atom. The fraction of sp³-hybridized carbons (Fsp3) is 0.421. The SMILES string of the molecule is Cc1nc(CC(=O)NC2CCN(c3ccccc3)CC2)cs1.O=C(O)C(F)(F)F. The van der Waals surface area contributed by atoms with Gasteiger partial charge in [-0.3, -0.25) is 4.79 Å². The lowest BCUT2D eigenvalue weighted by atomic mass is 10.0. The number of carbonyl (C=O) groups excluding carboxylic acids is 1. The highest BCUT2D eigenvalue weighted by Gasteiger charge is 2.38. The number of hydrogen-bond donors (Lipinski definition) is 2. The van der Waals surface area contributed by atoms with Crippen LogP contribution in [0.2, 0.25) is 0 Å². The molecule has 0 aliphatic carbocycles. The zero-order valence-corrected chi connectivity index (χ0v) is 16.6. The van der Waals surface area contributed by atoms with Gasteiger partial charge in [-0.2, -0.15) is 13.2 Å². The molecule has 0 spiro atoms. The molecule has 2 N–H and O–H groups in total. The number of aromatic nitrogens is 1. The topological polar surface area (TPSA) is 82.5 Å². The summed E-state index contributed by atoms with van der Waals surface area (Å²) in [5.41, 5.74) is 2.15. The van der Waals surface area contributed by atoms with Crippen LogP contribution >= 0.6 is 11.3 Å². The fourth-order valence-corrected chi connectivity index (χ4v) is 3.47. The molecule has 6 nitrogen and oxygen atoms in total. The Bertz CT molecular complexity index is 804. The number of rotatable bonds is 4. The van der Waals surface area contributed by atoms with Crippen LogP contribution in [0, 0.1) is 6.92 Å². The maximum absolute atomic E-state index is 12.1. The molecule has 10 heteroatoms. The predicted molar refractivity (Wildman–Crippen MR) is 104 cm³/mol. The molecular weight excluding hydrogens is 407 g/mol. The Morgan fingerprint density at radius 3 is 2.31 bits per heavy atom. The van der Waals surface area contributed by atoms with Gasteiger partial charge in [0.05, 0.1) is 17.1 Å².